The lowest BCUT2D eigenvalue weighted by molar-refractivity contribution is -0.190. The molecule has 0 aromatic heterocycles. The van der Waals surface area contributed by atoms with Crippen LogP contribution in [0.2, 0.25) is 0 Å². The number of amides is 2. The number of hydrogen-bond acceptors (Lipinski definition) is 4. The number of carbonyl (C=O) groups excluding carboxylic acids is 2. The highest BCUT2D eigenvalue weighted by Crippen LogP contribution is 2.16. The third kappa shape index (κ3) is 3.98. The molecule has 6 heteroatoms. The quantitative estimate of drug-likeness (QED) is 0.485. The van der Waals surface area contributed by atoms with Crippen LogP contribution in [0.15, 0.2) is 0 Å². The van der Waals surface area contributed by atoms with Crippen molar-refractivity contribution in [2.24, 2.45) is 11.8 Å². The van der Waals surface area contributed by atoms with E-state index in [9.17, 15) is 14.8 Å². The van der Waals surface area contributed by atoms with Gasteiger partial charge in [0, 0.05) is 5.92 Å². The zero-order valence-electron chi connectivity index (χ0n) is 10.8. The van der Waals surface area contributed by atoms with Crippen LogP contribution >= 0.6 is 0 Å². The Morgan fingerprint density at radius 1 is 1.24 bits per heavy atom. The zero-order chi connectivity index (χ0) is 13.6. The molecule has 0 saturated heterocycles. The van der Waals surface area contributed by atoms with Crippen molar-refractivity contribution >= 4 is 11.8 Å². The van der Waals surface area contributed by atoms with Crippen LogP contribution in [0, 0.1) is 11.8 Å². The van der Waals surface area contributed by atoms with Crippen molar-refractivity contribution < 1.29 is 20.0 Å². The highest BCUT2D eigenvalue weighted by atomic mass is 16.5. The fraction of sp³-hybridized carbons (Fsp3) is 0.818. The van der Waals surface area contributed by atoms with Gasteiger partial charge in [-0.2, -0.15) is 0 Å². The van der Waals surface area contributed by atoms with Gasteiger partial charge in [-0.25, -0.2) is 10.5 Å². The summed E-state index contributed by atoms with van der Waals surface area (Å²) in [6, 6.07) is -1.06. The first-order valence-corrected chi connectivity index (χ1v) is 5.86. The fourth-order valence-electron chi connectivity index (χ4n) is 1.44. The maximum atomic E-state index is 11.8. The van der Waals surface area contributed by atoms with Gasteiger partial charge in [0.1, 0.15) is 6.04 Å². The smallest absolute Gasteiger partial charge is 0.269 e. The molecule has 0 bridgehead atoms. The predicted octanol–water partition coefficient (Wildman–Crippen LogP) is 1.17. The Balaban J connectivity index is 4.92. The van der Waals surface area contributed by atoms with Crippen LogP contribution < -0.4 is 5.48 Å². The van der Waals surface area contributed by atoms with Crippen molar-refractivity contribution in [3.63, 3.8) is 0 Å². The zero-order valence-corrected chi connectivity index (χ0v) is 10.8. The summed E-state index contributed by atoms with van der Waals surface area (Å²) in [5, 5.41) is 18.9. The monoisotopic (exact) mass is 246 g/mol. The molecule has 0 aliphatic carbocycles. The molecule has 0 fully saturated rings. The Hall–Kier alpha value is -1.14. The molecule has 0 aliphatic rings. The van der Waals surface area contributed by atoms with Crippen molar-refractivity contribution in [1.29, 1.82) is 0 Å². The lowest BCUT2D eigenvalue weighted by Gasteiger charge is -2.29. The number of nitrogens with zero attached hydrogens (tertiary/aromatic N) is 1. The highest BCUT2D eigenvalue weighted by Gasteiger charge is 2.34. The predicted molar refractivity (Wildman–Crippen MR) is 61.3 cm³/mol. The van der Waals surface area contributed by atoms with Crippen LogP contribution in [0.5, 0.6) is 0 Å². The van der Waals surface area contributed by atoms with E-state index in [2.05, 4.69) is 0 Å². The van der Waals surface area contributed by atoms with E-state index in [0.717, 1.165) is 0 Å². The maximum Gasteiger partial charge on any atom is 0.269 e. The van der Waals surface area contributed by atoms with E-state index < -0.39 is 17.9 Å². The van der Waals surface area contributed by atoms with Crippen LogP contribution in [0.25, 0.3) is 0 Å². The normalized spacial score (nSPS) is 15.9. The first-order chi connectivity index (χ1) is 7.90. The molecule has 100 valence electrons. The Kier molecular flexibility index (Phi) is 6.75. The highest BCUT2D eigenvalue weighted by molar-refractivity contribution is 5.87. The molecule has 0 unspecified atom stereocenters. The van der Waals surface area contributed by atoms with Crippen molar-refractivity contribution in [1.82, 2.24) is 10.5 Å². The van der Waals surface area contributed by atoms with Crippen molar-refractivity contribution in [2.45, 2.75) is 46.6 Å². The van der Waals surface area contributed by atoms with Gasteiger partial charge in [0.05, 0.1) is 0 Å². The summed E-state index contributed by atoms with van der Waals surface area (Å²) in [5.74, 6) is -1.90. The summed E-state index contributed by atoms with van der Waals surface area (Å²) in [5.41, 5.74) is 1.48. The van der Waals surface area contributed by atoms with Gasteiger partial charge in [0.2, 0.25) is 5.91 Å². The molecule has 0 aliphatic heterocycles. The first kappa shape index (κ1) is 15.9. The van der Waals surface area contributed by atoms with Crippen LogP contribution in [0.1, 0.15) is 40.5 Å². The van der Waals surface area contributed by atoms with Gasteiger partial charge < -0.3 is 0 Å². The topological polar surface area (TPSA) is 89.9 Å². The minimum absolute atomic E-state index is 0.250. The molecule has 3 N–H and O–H groups in total. The van der Waals surface area contributed by atoms with E-state index >= 15 is 0 Å². The second-order valence-electron chi connectivity index (χ2n) is 4.30. The van der Waals surface area contributed by atoms with Crippen LogP contribution in [0.3, 0.4) is 0 Å². The molecular formula is C11H22N2O4. The van der Waals surface area contributed by atoms with Gasteiger partial charge in [-0.05, 0) is 12.3 Å². The van der Waals surface area contributed by atoms with E-state index in [1.807, 2.05) is 13.8 Å². The molecule has 0 radical (unpaired) electrons. The number of rotatable bonds is 6. The second kappa shape index (κ2) is 7.24. The van der Waals surface area contributed by atoms with Gasteiger partial charge in [-0.1, -0.05) is 34.1 Å². The average molecular weight is 246 g/mol. The Morgan fingerprint density at radius 2 is 1.76 bits per heavy atom. The largest absolute Gasteiger partial charge is 0.289 e. The Bertz CT molecular complexity index is 270. The van der Waals surface area contributed by atoms with E-state index in [0.29, 0.717) is 17.9 Å². The van der Waals surface area contributed by atoms with E-state index in [-0.39, 0.29) is 11.8 Å². The SMILES string of the molecule is CC[C@H](C)C(=O)N(O)[C@H](C(=O)NO)[C@@H](C)CC. The number of hydroxylamine groups is 3. The molecular weight excluding hydrogens is 224 g/mol. The van der Waals surface area contributed by atoms with E-state index in [4.69, 9.17) is 5.21 Å². The standard InChI is InChI=1S/C11H22N2O4/c1-5-7(3)9(10(14)12-16)13(17)11(15)8(4)6-2/h7-9,16-17H,5-6H2,1-4H3,(H,12,14)/t7-,8-,9-/m0/s1. The third-order valence-electron chi connectivity index (χ3n) is 3.09. The number of hydrogen-bond donors (Lipinski definition) is 3. The first-order valence-electron chi connectivity index (χ1n) is 5.86. The molecule has 0 aromatic rings. The maximum absolute atomic E-state index is 11.8. The molecule has 0 saturated carbocycles. The molecule has 0 aromatic carbocycles. The van der Waals surface area contributed by atoms with Gasteiger partial charge in [0.15, 0.2) is 0 Å². The van der Waals surface area contributed by atoms with E-state index in [1.54, 1.807) is 13.8 Å². The van der Waals surface area contributed by atoms with Crippen LogP contribution in [0.4, 0.5) is 0 Å². The molecule has 0 spiro atoms. The summed E-state index contributed by atoms with van der Waals surface area (Å²) in [7, 11) is 0. The molecule has 3 atom stereocenters. The van der Waals surface area contributed by atoms with Crippen molar-refractivity contribution in [3.8, 4) is 0 Å². The second-order valence-corrected chi connectivity index (χ2v) is 4.30. The summed E-state index contributed by atoms with van der Waals surface area (Å²) in [4.78, 5) is 23.2. The van der Waals surface area contributed by atoms with Gasteiger partial charge in [0.25, 0.3) is 5.91 Å². The third-order valence-corrected chi connectivity index (χ3v) is 3.09. The van der Waals surface area contributed by atoms with E-state index in [1.165, 1.54) is 5.48 Å². The molecule has 2 amide bonds. The van der Waals surface area contributed by atoms with Crippen molar-refractivity contribution in [3.05, 3.63) is 0 Å². The lowest BCUT2D eigenvalue weighted by Crippen LogP contribution is -2.52. The molecule has 0 heterocycles. The van der Waals surface area contributed by atoms with Gasteiger partial charge in [-0.15, -0.1) is 0 Å². The minimum atomic E-state index is -1.06. The molecule has 6 nitrogen and oxygen atoms in total. The summed E-state index contributed by atoms with van der Waals surface area (Å²) in [6.07, 6.45) is 1.17. The average Bonchev–Trinajstić information content (AvgIpc) is 2.35. The summed E-state index contributed by atoms with van der Waals surface area (Å²) < 4.78 is 0. The van der Waals surface area contributed by atoms with Gasteiger partial charge >= 0.3 is 0 Å². The van der Waals surface area contributed by atoms with Gasteiger partial charge in [-0.3, -0.25) is 20.0 Å². The van der Waals surface area contributed by atoms with Crippen molar-refractivity contribution in [2.75, 3.05) is 0 Å². The van der Waals surface area contributed by atoms with Crippen LogP contribution in [-0.4, -0.2) is 33.3 Å². The minimum Gasteiger partial charge on any atom is -0.289 e. The molecule has 17 heavy (non-hydrogen) atoms. The fourth-order valence-corrected chi connectivity index (χ4v) is 1.44. The lowest BCUT2D eigenvalue weighted by atomic mass is 9.97. The Morgan fingerprint density at radius 3 is 2.12 bits per heavy atom. The van der Waals surface area contributed by atoms with Crippen LogP contribution in [-0.2, 0) is 9.59 Å². The summed E-state index contributed by atoms with van der Waals surface area (Å²) >= 11 is 0. The number of carbonyl (C=O) groups is 2. The summed E-state index contributed by atoms with van der Waals surface area (Å²) in [6.45, 7) is 7.06. The molecule has 0 rings (SSSR count). The number of nitrogens with one attached hydrogen (secondary N) is 1. The Labute approximate surface area is 102 Å².